The summed E-state index contributed by atoms with van der Waals surface area (Å²) in [5, 5.41) is 6.56. The maximum atomic E-state index is 11.9. The Kier molecular flexibility index (Phi) is 3.06. The topological polar surface area (TPSA) is 80.9 Å². The quantitative estimate of drug-likeness (QED) is 0.796. The number of nitrogen functional groups attached to an aromatic ring is 1. The van der Waals surface area contributed by atoms with Gasteiger partial charge in [0.15, 0.2) is 0 Å². The van der Waals surface area contributed by atoms with Crippen molar-refractivity contribution in [3.8, 4) is 0 Å². The first kappa shape index (κ1) is 11.5. The van der Waals surface area contributed by atoms with E-state index in [1.54, 1.807) is 13.0 Å². The highest BCUT2D eigenvalue weighted by Crippen LogP contribution is 2.21. The fourth-order valence-electron chi connectivity index (χ4n) is 1.40. The van der Waals surface area contributed by atoms with Crippen molar-refractivity contribution in [1.82, 2.24) is 9.59 Å². The SMILES string of the molecule is Cc1ccc(N)c(NC(=O)c2snnc2C)c1. The lowest BCUT2D eigenvalue weighted by molar-refractivity contribution is 0.103. The summed E-state index contributed by atoms with van der Waals surface area (Å²) in [6.45, 7) is 3.69. The second-order valence-electron chi connectivity index (χ2n) is 3.73. The summed E-state index contributed by atoms with van der Waals surface area (Å²) in [7, 11) is 0. The van der Waals surface area contributed by atoms with Crippen molar-refractivity contribution >= 4 is 28.8 Å². The van der Waals surface area contributed by atoms with E-state index in [-0.39, 0.29) is 5.91 Å². The average Bonchev–Trinajstić information content (AvgIpc) is 2.70. The number of hydrogen-bond acceptors (Lipinski definition) is 5. The van der Waals surface area contributed by atoms with Gasteiger partial charge in [-0.2, -0.15) is 0 Å². The van der Waals surface area contributed by atoms with Gasteiger partial charge in [0.1, 0.15) is 4.88 Å². The Morgan fingerprint density at radius 2 is 2.18 bits per heavy atom. The van der Waals surface area contributed by atoms with Crippen LogP contribution < -0.4 is 11.1 Å². The Morgan fingerprint density at radius 1 is 1.41 bits per heavy atom. The molecule has 2 aromatic rings. The molecule has 2 rings (SSSR count). The lowest BCUT2D eigenvalue weighted by atomic mass is 10.2. The molecule has 0 saturated heterocycles. The number of carbonyl (C=O) groups is 1. The van der Waals surface area contributed by atoms with E-state index in [0.717, 1.165) is 17.1 Å². The molecule has 0 radical (unpaired) electrons. The monoisotopic (exact) mass is 248 g/mol. The van der Waals surface area contributed by atoms with Crippen LogP contribution in [0.1, 0.15) is 20.9 Å². The number of rotatable bonds is 2. The molecule has 0 unspecified atom stereocenters. The first-order chi connectivity index (χ1) is 8.08. The number of anilines is 2. The van der Waals surface area contributed by atoms with Crippen LogP contribution >= 0.6 is 11.5 Å². The number of benzene rings is 1. The predicted molar refractivity (Wildman–Crippen MR) is 68.2 cm³/mol. The molecule has 6 heteroatoms. The van der Waals surface area contributed by atoms with Crippen molar-refractivity contribution in [3.63, 3.8) is 0 Å². The summed E-state index contributed by atoms with van der Waals surface area (Å²) in [6, 6.07) is 5.49. The molecule has 1 heterocycles. The zero-order valence-electron chi connectivity index (χ0n) is 9.52. The van der Waals surface area contributed by atoms with E-state index in [0.29, 0.717) is 21.9 Å². The molecule has 0 saturated carbocycles. The second kappa shape index (κ2) is 4.50. The van der Waals surface area contributed by atoms with Gasteiger partial charge in [0, 0.05) is 0 Å². The van der Waals surface area contributed by atoms with Crippen molar-refractivity contribution < 1.29 is 4.79 Å². The number of nitrogens with one attached hydrogen (secondary N) is 1. The van der Waals surface area contributed by atoms with Gasteiger partial charge in [-0.1, -0.05) is 10.6 Å². The predicted octanol–water partition coefficient (Wildman–Crippen LogP) is 1.99. The van der Waals surface area contributed by atoms with Gasteiger partial charge in [-0.3, -0.25) is 4.79 Å². The molecule has 0 spiro atoms. The van der Waals surface area contributed by atoms with Crippen molar-refractivity contribution in [3.05, 3.63) is 34.3 Å². The highest BCUT2D eigenvalue weighted by Gasteiger charge is 2.14. The Hall–Kier alpha value is -1.95. The Labute approximate surface area is 103 Å². The van der Waals surface area contributed by atoms with Gasteiger partial charge in [0.05, 0.1) is 17.1 Å². The summed E-state index contributed by atoms with van der Waals surface area (Å²) in [6.07, 6.45) is 0. The number of hydrogen-bond donors (Lipinski definition) is 2. The Balaban J connectivity index is 2.24. The van der Waals surface area contributed by atoms with Crippen molar-refractivity contribution in [2.45, 2.75) is 13.8 Å². The fourth-order valence-corrected chi connectivity index (χ4v) is 1.95. The molecule has 0 aliphatic carbocycles. The number of nitrogens with zero attached hydrogens (tertiary/aromatic N) is 2. The molecular weight excluding hydrogens is 236 g/mol. The van der Waals surface area contributed by atoms with Crippen LogP contribution in [-0.4, -0.2) is 15.5 Å². The number of nitrogens with two attached hydrogens (primary N) is 1. The second-order valence-corrected chi connectivity index (χ2v) is 4.49. The van der Waals surface area contributed by atoms with E-state index in [4.69, 9.17) is 5.73 Å². The molecule has 88 valence electrons. The molecular formula is C11H12N4OS. The van der Waals surface area contributed by atoms with Crippen LogP contribution in [0.4, 0.5) is 11.4 Å². The maximum absolute atomic E-state index is 11.9. The molecule has 0 aliphatic rings. The zero-order chi connectivity index (χ0) is 12.4. The van der Waals surface area contributed by atoms with Gasteiger partial charge in [-0.25, -0.2) is 0 Å². The third-order valence-electron chi connectivity index (χ3n) is 2.31. The number of aromatic nitrogens is 2. The summed E-state index contributed by atoms with van der Waals surface area (Å²) < 4.78 is 3.72. The van der Waals surface area contributed by atoms with Crippen LogP contribution in [0.5, 0.6) is 0 Å². The largest absolute Gasteiger partial charge is 0.397 e. The van der Waals surface area contributed by atoms with E-state index < -0.39 is 0 Å². The zero-order valence-corrected chi connectivity index (χ0v) is 10.3. The summed E-state index contributed by atoms with van der Waals surface area (Å²) >= 11 is 1.07. The molecule has 1 amide bonds. The first-order valence-corrected chi connectivity index (χ1v) is 5.81. The van der Waals surface area contributed by atoms with Gasteiger partial charge < -0.3 is 11.1 Å². The summed E-state index contributed by atoms with van der Waals surface area (Å²) in [4.78, 5) is 12.4. The maximum Gasteiger partial charge on any atom is 0.269 e. The molecule has 0 aliphatic heterocycles. The molecule has 3 N–H and O–H groups in total. The molecule has 17 heavy (non-hydrogen) atoms. The Bertz CT molecular complexity index is 564. The van der Waals surface area contributed by atoms with Crippen LogP contribution in [0, 0.1) is 13.8 Å². The van der Waals surface area contributed by atoms with E-state index in [1.807, 2.05) is 19.1 Å². The van der Waals surface area contributed by atoms with E-state index in [1.165, 1.54) is 0 Å². The van der Waals surface area contributed by atoms with Crippen LogP contribution in [0.3, 0.4) is 0 Å². The summed E-state index contributed by atoms with van der Waals surface area (Å²) in [5.41, 5.74) is 8.60. The smallest absolute Gasteiger partial charge is 0.269 e. The van der Waals surface area contributed by atoms with Crippen LogP contribution in [0.25, 0.3) is 0 Å². The van der Waals surface area contributed by atoms with E-state index in [2.05, 4.69) is 14.9 Å². The van der Waals surface area contributed by atoms with Crippen LogP contribution in [0.15, 0.2) is 18.2 Å². The molecule has 1 aromatic carbocycles. The van der Waals surface area contributed by atoms with E-state index in [9.17, 15) is 4.79 Å². The van der Waals surface area contributed by atoms with Gasteiger partial charge in [-0.05, 0) is 43.1 Å². The minimum absolute atomic E-state index is 0.227. The highest BCUT2D eigenvalue weighted by molar-refractivity contribution is 7.08. The number of amides is 1. The fraction of sp³-hybridized carbons (Fsp3) is 0.182. The standard InChI is InChI=1S/C11H12N4OS/c1-6-3-4-8(12)9(5-6)13-11(16)10-7(2)14-15-17-10/h3-5H,12H2,1-2H3,(H,13,16). The minimum Gasteiger partial charge on any atom is -0.397 e. The van der Waals surface area contributed by atoms with Crippen LogP contribution in [-0.2, 0) is 0 Å². The molecule has 0 fully saturated rings. The normalized spacial score (nSPS) is 10.2. The van der Waals surface area contributed by atoms with Gasteiger partial charge >= 0.3 is 0 Å². The lowest BCUT2D eigenvalue weighted by Crippen LogP contribution is -2.13. The van der Waals surface area contributed by atoms with Crippen molar-refractivity contribution in [2.75, 3.05) is 11.1 Å². The number of carbonyl (C=O) groups excluding carboxylic acids is 1. The molecule has 0 bridgehead atoms. The third kappa shape index (κ3) is 2.42. The van der Waals surface area contributed by atoms with Gasteiger partial charge in [0.2, 0.25) is 0 Å². The number of aryl methyl sites for hydroxylation is 2. The van der Waals surface area contributed by atoms with E-state index >= 15 is 0 Å². The lowest BCUT2D eigenvalue weighted by Gasteiger charge is -2.07. The third-order valence-corrected chi connectivity index (χ3v) is 3.14. The van der Waals surface area contributed by atoms with Gasteiger partial charge in [0.25, 0.3) is 5.91 Å². The molecule has 1 aromatic heterocycles. The summed E-state index contributed by atoms with van der Waals surface area (Å²) in [5.74, 6) is -0.227. The van der Waals surface area contributed by atoms with Gasteiger partial charge in [-0.15, -0.1) is 5.10 Å². The highest BCUT2D eigenvalue weighted by atomic mass is 32.1. The van der Waals surface area contributed by atoms with Crippen molar-refractivity contribution in [2.24, 2.45) is 0 Å². The van der Waals surface area contributed by atoms with Crippen molar-refractivity contribution in [1.29, 1.82) is 0 Å². The minimum atomic E-state index is -0.227. The average molecular weight is 248 g/mol. The molecule has 0 atom stereocenters. The molecule has 5 nitrogen and oxygen atoms in total. The van der Waals surface area contributed by atoms with Crippen LogP contribution in [0.2, 0.25) is 0 Å². The Morgan fingerprint density at radius 3 is 2.82 bits per heavy atom. The first-order valence-electron chi connectivity index (χ1n) is 5.04.